The van der Waals surface area contributed by atoms with Crippen molar-refractivity contribution in [1.29, 1.82) is 5.26 Å². The van der Waals surface area contributed by atoms with Crippen molar-refractivity contribution < 1.29 is 14.3 Å². The predicted molar refractivity (Wildman–Crippen MR) is 58.4 cm³/mol. The van der Waals surface area contributed by atoms with E-state index in [1.165, 1.54) is 14.2 Å². The lowest BCUT2D eigenvalue weighted by molar-refractivity contribution is 0.0596. The van der Waals surface area contributed by atoms with E-state index in [0.29, 0.717) is 5.75 Å². The fraction of sp³-hybridized carbons (Fsp3) is 0.333. The van der Waals surface area contributed by atoms with Crippen LogP contribution in [0, 0.1) is 11.3 Å². The molecule has 1 rings (SSSR count). The summed E-state index contributed by atoms with van der Waals surface area (Å²) in [5, 5.41) is 8.99. The highest BCUT2D eigenvalue weighted by Crippen LogP contribution is 2.25. The summed E-state index contributed by atoms with van der Waals surface area (Å²) in [7, 11) is 2.74. The number of hydrogen-bond donors (Lipinski definition) is 0. The number of rotatable bonds is 3. The quantitative estimate of drug-likeness (QED) is 0.728. The van der Waals surface area contributed by atoms with Crippen LogP contribution in [0.25, 0.3) is 0 Å². The minimum atomic E-state index is -0.559. The first-order valence-electron chi connectivity index (χ1n) is 4.87. The van der Waals surface area contributed by atoms with Crippen LogP contribution in [0.3, 0.4) is 0 Å². The van der Waals surface area contributed by atoms with Crippen molar-refractivity contribution in [2.45, 2.75) is 13.3 Å². The number of nitrogens with zero attached hydrogens (tertiary/aromatic N) is 1. The lowest BCUT2D eigenvalue weighted by atomic mass is 10.0. The van der Waals surface area contributed by atoms with Gasteiger partial charge in [-0.25, -0.2) is 4.79 Å². The molecule has 0 saturated carbocycles. The molecule has 16 heavy (non-hydrogen) atoms. The Labute approximate surface area is 94.4 Å². The van der Waals surface area contributed by atoms with Gasteiger partial charge in [-0.1, -0.05) is 6.92 Å². The molecule has 4 nitrogen and oxygen atoms in total. The lowest BCUT2D eigenvalue weighted by Crippen LogP contribution is -2.07. The summed E-state index contributed by atoms with van der Waals surface area (Å²) in [6, 6.07) is 5.40. The maximum absolute atomic E-state index is 11.5. The van der Waals surface area contributed by atoms with Gasteiger partial charge >= 0.3 is 5.97 Å². The number of ether oxygens (including phenoxy) is 2. The van der Waals surface area contributed by atoms with Gasteiger partial charge in [0.15, 0.2) is 0 Å². The molecule has 0 fully saturated rings. The number of benzene rings is 1. The summed E-state index contributed by atoms with van der Waals surface area (Å²) in [5.74, 6) is -0.182. The Bertz CT molecular complexity index is 446. The normalized spacial score (nSPS) is 9.38. The van der Waals surface area contributed by atoms with Gasteiger partial charge in [-0.3, -0.25) is 0 Å². The Morgan fingerprint density at radius 2 is 2.12 bits per heavy atom. The van der Waals surface area contributed by atoms with Crippen LogP contribution < -0.4 is 4.74 Å². The number of methoxy groups -OCH3 is 2. The van der Waals surface area contributed by atoms with Crippen molar-refractivity contribution in [2.24, 2.45) is 0 Å². The Kier molecular flexibility index (Phi) is 3.90. The van der Waals surface area contributed by atoms with Crippen LogP contribution in [-0.4, -0.2) is 20.2 Å². The summed E-state index contributed by atoms with van der Waals surface area (Å²) < 4.78 is 9.73. The zero-order valence-corrected chi connectivity index (χ0v) is 9.53. The minimum Gasteiger partial charge on any atom is -0.496 e. The van der Waals surface area contributed by atoms with E-state index in [4.69, 9.17) is 10.00 Å². The van der Waals surface area contributed by atoms with Crippen LogP contribution in [0.5, 0.6) is 5.75 Å². The number of aryl methyl sites for hydroxylation is 1. The smallest absolute Gasteiger partial charge is 0.343 e. The van der Waals surface area contributed by atoms with Gasteiger partial charge < -0.3 is 9.47 Å². The van der Waals surface area contributed by atoms with Crippen LogP contribution in [0.15, 0.2) is 12.1 Å². The van der Waals surface area contributed by atoms with Crippen LogP contribution in [-0.2, 0) is 11.2 Å². The zero-order chi connectivity index (χ0) is 12.1. The van der Waals surface area contributed by atoms with Crippen molar-refractivity contribution in [2.75, 3.05) is 14.2 Å². The molecule has 0 saturated heterocycles. The van der Waals surface area contributed by atoms with E-state index in [0.717, 1.165) is 12.0 Å². The average Bonchev–Trinajstić information content (AvgIpc) is 2.35. The SMILES string of the molecule is CCc1cc(C#N)c(C(=O)OC)c(OC)c1. The maximum atomic E-state index is 11.5. The lowest BCUT2D eigenvalue weighted by Gasteiger charge is -2.10. The first kappa shape index (κ1) is 12.1. The molecule has 0 aliphatic heterocycles. The Hall–Kier alpha value is -2.02. The third-order valence-electron chi connectivity index (χ3n) is 2.30. The Morgan fingerprint density at radius 3 is 2.56 bits per heavy atom. The number of carbonyl (C=O) groups excluding carboxylic acids is 1. The Morgan fingerprint density at radius 1 is 1.44 bits per heavy atom. The topological polar surface area (TPSA) is 59.3 Å². The van der Waals surface area contributed by atoms with E-state index >= 15 is 0 Å². The van der Waals surface area contributed by atoms with E-state index in [1.54, 1.807) is 12.1 Å². The van der Waals surface area contributed by atoms with Gasteiger partial charge in [0.25, 0.3) is 0 Å². The number of nitriles is 1. The number of esters is 1. The summed E-state index contributed by atoms with van der Waals surface area (Å²) in [5.41, 5.74) is 1.41. The van der Waals surface area contributed by atoms with E-state index in [-0.39, 0.29) is 11.1 Å². The third-order valence-corrected chi connectivity index (χ3v) is 2.30. The molecule has 1 aromatic rings. The molecule has 0 N–H and O–H groups in total. The van der Waals surface area contributed by atoms with Gasteiger partial charge in [0, 0.05) is 0 Å². The van der Waals surface area contributed by atoms with Crippen molar-refractivity contribution in [1.82, 2.24) is 0 Å². The minimum absolute atomic E-state index is 0.185. The fourth-order valence-electron chi connectivity index (χ4n) is 1.44. The van der Waals surface area contributed by atoms with Gasteiger partial charge in [0.05, 0.1) is 19.8 Å². The van der Waals surface area contributed by atoms with E-state index in [2.05, 4.69) is 4.74 Å². The largest absolute Gasteiger partial charge is 0.496 e. The predicted octanol–water partition coefficient (Wildman–Crippen LogP) is 1.92. The average molecular weight is 219 g/mol. The molecule has 0 aliphatic carbocycles. The summed E-state index contributed by atoms with van der Waals surface area (Å²) in [6.07, 6.45) is 0.770. The molecular weight excluding hydrogens is 206 g/mol. The monoisotopic (exact) mass is 219 g/mol. The highest BCUT2D eigenvalue weighted by molar-refractivity contribution is 5.95. The molecule has 0 heterocycles. The van der Waals surface area contributed by atoms with E-state index in [9.17, 15) is 4.79 Å². The van der Waals surface area contributed by atoms with Gasteiger partial charge in [0.1, 0.15) is 17.4 Å². The standard InChI is InChI=1S/C12H13NO3/c1-4-8-5-9(7-13)11(12(14)16-3)10(6-8)15-2/h5-6H,4H2,1-3H3. The summed E-state index contributed by atoms with van der Waals surface area (Å²) >= 11 is 0. The molecule has 4 heteroatoms. The molecule has 84 valence electrons. The van der Waals surface area contributed by atoms with Crippen LogP contribution in [0.1, 0.15) is 28.4 Å². The second-order valence-electron chi connectivity index (χ2n) is 3.18. The molecule has 0 unspecified atom stereocenters. The Balaban J connectivity index is 3.45. The zero-order valence-electron chi connectivity index (χ0n) is 9.53. The van der Waals surface area contributed by atoms with Crippen LogP contribution in [0.2, 0.25) is 0 Å². The van der Waals surface area contributed by atoms with Crippen molar-refractivity contribution >= 4 is 5.97 Å². The molecule has 0 bridgehead atoms. The molecule has 0 radical (unpaired) electrons. The van der Waals surface area contributed by atoms with E-state index in [1.807, 2.05) is 13.0 Å². The highest BCUT2D eigenvalue weighted by atomic mass is 16.5. The first-order valence-corrected chi connectivity index (χ1v) is 4.87. The van der Waals surface area contributed by atoms with Crippen LogP contribution >= 0.6 is 0 Å². The van der Waals surface area contributed by atoms with Gasteiger partial charge in [-0.05, 0) is 24.1 Å². The maximum Gasteiger partial charge on any atom is 0.343 e. The molecule has 0 amide bonds. The molecular formula is C12H13NO3. The second kappa shape index (κ2) is 5.17. The molecule has 1 aromatic carbocycles. The summed E-state index contributed by atoms with van der Waals surface area (Å²) in [4.78, 5) is 11.5. The van der Waals surface area contributed by atoms with E-state index < -0.39 is 5.97 Å². The number of carbonyl (C=O) groups is 1. The fourth-order valence-corrected chi connectivity index (χ4v) is 1.44. The highest BCUT2D eigenvalue weighted by Gasteiger charge is 2.18. The molecule has 0 aliphatic rings. The van der Waals surface area contributed by atoms with Crippen molar-refractivity contribution in [3.05, 3.63) is 28.8 Å². The first-order chi connectivity index (χ1) is 7.67. The molecule has 0 aromatic heterocycles. The summed E-state index contributed by atoms with van der Waals surface area (Å²) in [6.45, 7) is 1.97. The third kappa shape index (κ3) is 2.14. The van der Waals surface area contributed by atoms with Crippen molar-refractivity contribution in [3.8, 4) is 11.8 Å². The van der Waals surface area contributed by atoms with Crippen LogP contribution in [0.4, 0.5) is 0 Å². The van der Waals surface area contributed by atoms with Crippen molar-refractivity contribution in [3.63, 3.8) is 0 Å². The number of hydrogen-bond acceptors (Lipinski definition) is 4. The molecule has 0 spiro atoms. The van der Waals surface area contributed by atoms with Gasteiger partial charge in [0.2, 0.25) is 0 Å². The van der Waals surface area contributed by atoms with Gasteiger partial charge in [-0.15, -0.1) is 0 Å². The van der Waals surface area contributed by atoms with Gasteiger partial charge in [-0.2, -0.15) is 5.26 Å². The second-order valence-corrected chi connectivity index (χ2v) is 3.18. The molecule has 0 atom stereocenters.